The molecule has 0 aliphatic heterocycles. The van der Waals surface area contributed by atoms with Crippen molar-refractivity contribution in [3.05, 3.63) is 71.2 Å². The molecule has 0 saturated carbocycles. The summed E-state index contributed by atoms with van der Waals surface area (Å²) < 4.78 is 26.2. The number of hydrogen-bond acceptors (Lipinski definition) is 8. The van der Waals surface area contributed by atoms with Gasteiger partial charge in [0.2, 0.25) is 5.88 Å². The summed E-state index contributed by atoms with van der Waals surface area (Å²) in [7, 11) is 1.54. The molecule has 0 spiro atoms. The summed E-state index contributed by atoms with van der Waals surface area (Å²) in [5.74, 6) is -1.84. The van der Waals surface area contributed by atoms with Gasteiger partial charge in [-0.3, -0.25) is 4.79 Å². The van der Waals surface area contributed by atoms with Crippen molar-refractivity contribution in [2.24, 2.45) is 0 Å². The zero-order valence-corrected chi connectivity index (χ0v) is 24.4. The third-order valence-electron chi connectivity index (χ3n) is 5.73. The van der Waals surface area contributed by atoms with Crippen LogP contribution in [0.2, 0.25) is 0 Å². The number of nitrogens with one attached hydrogen (secondary N) is 1. The van der Waals surface area contributed by atoms with Gasteiger partial charge in [0.05, 0.1) is 25.0 Å². The van der Waals surface area contributed by atoms with Crippen molar-refractivity contribution >= 4 is 11.9 Å². The first-order valence-electron chi connectivity index (χ1n) is 12.1. The SMILES string of the molecule is COc1ccccc1CNC(=O)c1nn(-c2ccc(F)cc2)c(OC[C@@H](O)C[C@@H](O)CC(=O)[O-])c1C(C)C.[Na+]. The molecule has 12 heteroatoms. The Hall–Kier alpha value is -2.96. The van der Waals surface area contributed by atoms with Gasteiger partial charge in [0.25, 0.3) is 5.91 Å². The van der Waals surface area contributed by atoms with E-state index in [1.165, 1.54) is 36.1 Å². The summed E-state index contributed by atoms with van der Waals surface area (Å²) in [6.07, 6.45) is -3.43. The zero-order valence-electron chi connectivity index (χ0n) is 22.4. The molecule has 2 atom stereocenters. The van der Waals surface area contributed by atoms with Crippen LogP contribution in [-0.2, 0) is 11.3 Å². The smallest absolute Gasteiger partial charge is 0.550 e. The molecule has 0 aliphatic carbocycles. The molecule has 0 bridgehead atoms. The summed E-state index contributed by atoms with van der Waals surface area (Å²) in [6.45, 7) is 3.54. The fraction of sp³-hybridized carbons (Fsp3) is 0.370. The summed E-state index contributed by atoms with van der Waals surface area (Å²) in [5, 5.41) is 38.1. The number of aliphatic hydroxyl groups excluding tert-OH is 2. The van der Waals surface area contributed by atoms with E-state index < -0.39 is 36.3 Å². The Morgan fingerprint density at radius 1 is 1.10 bits per heavy atom. The first-order chi connectivity index (χ1) is 18.1. The van der Waals surface area contributed by atoms with Crippen LogP contribution in [-0.4, -0.2) is 57.8 Å². The standard InChI is InChI=1S/C27H32FN3O7.Na/c1-16(2)24-25(26(36)29-14-17-6-4-5-7-22(17)37-3)30-31(19-10-8-18(28)9-11-19)27(24)38-15-21(33)12-20(32)13-23(34)35;/h4-11,16,20-21,32-33H,12-15H2,1-3H3,(H,29,36)(H,34,35);/q;+1/p-1/t20-,21+;/m1./s1. The molecule has 39 heavy (non-hydrogen) atoms. The number of halogens is 1. The van der Waals surface area contributed by atoms with Crippen molar-refractivity contribution < 1.29 is 68.3 Å². The van der Waals surface area contributed by atoms with Gasteiger partial charge < -0.3 is 34.9 Å². The average Bonchev–Trinajstić information content (AvgIpc) is 3.26. The van der Waals surface area contributed by atoms with Crippen LogP contribution in [0, 0.1) is 5.82 Å². The van der Waals surface area contributed by atoms with E-state index in [0.717, 1.165) is 5.56 Å². The minimum Gasteiger partial charge on any atom is -0.550 e. The van der Waals surface area contributed by atoms with Crippen molar-refractivity contribution in [3.63, 3.8) is 0 Å². The molecule has 204 valence electrons. The number of methoxy groups -OCH3 is 1. The van der Waals surface area contributed by atoms with Crippen molar-refractivity contribution in [2.75, 3.05) is 13.7 Å². The number of aromatic nitrogens is 2. The van der Waals surface area contributed by atoms with E-state index >= 15 is 0 Å². The van der Waals surface area contributed by atoms with Gasteiger partial charge in [0.15, 0.2) is 5.69 Å². The number of benzene rings is 2. The average molecular weight is 552 g/mol. The molecular weight excluding hydrogens is 520 g/mol. The van der Waals surface area contributed by atoms with Crippen LogP contribution >= 0.6 is 0 Å². The number of rotatable bonds is 13. The van der Waals surface area contributed by atoms with Gasteiger partial charge in [-0.15, -0.1) is 0 Å². The monoisotopic (exact) mass is 551 g/mol. The zero-order chi connectivity index (χ0) is 27.8. The largest absolute Gasteiger partial charge is 1.00 e. The minimum absolute atomic E-state index is 0. The van der Waals surface area contributed by atoms with Crippen LogP contribution in [0.5, 0.6) is 11.6 Å². The van der Waals surface area contributed by atoms with E-state index in [1.54, 1.807) is 6.07 Å². The molecule has 1 amide bonds. The molecule has 0 aliphatic rings. The summed E-state index contributed by atoms with van der Waals surface area (Å²) in [6, 6.07) is 12.7. The molecule has 2 aromatic carbocycles. The molecule has 0 saturated heterocycles. The molecule has 10 nitrogen and oxygen atoms in total. The quantitative estimate of drug-likeness (QED) is 0.223. The summed E-state index contributed by atoms with van der Waals surface area (Å²) in [4.78, 5) is 24.0. The molecule has 0 radical (unpaired) electrons. The van der Waals surface area contributed by atoms with Gasteiger partial charge >= 0.3 is 29.6 Å². The van der Waals surface area contributed by atoms with Crippen LogP contribution in [0.25, 0.3) is 5.69 Å². The van der Waals surface area contributed by atoms with E-state index in [9.17, 15) is 29.3 Å². The molecule has 1 heterocycles. The first kappa shape index (κ1) is 32.3. The Labute approximate surface area is 248 Å². The van der Waals surface area contributed by atoms with E-state index in [4.69, 9.17) is 9.47 Å². The maximum atomic E-state index is 13.6. The van der Waals surface area contributed by atoms with Gasteiger partial charge in [-0.2, -0.15) is 5.10 Å². The van der Waals surface area contributed by atoms with Crippen LogP contribution in [0.15, 0.2) is 48.5 Å². The summed E-state index contributed by atoms with van der Waals surface area (Å²) >= 11 is 0. The number of aliphatic carboxylic acids is 1. The van der Waals surface area contributed by atoms with E-state index in [2.05, 4.69) is 10.4 Å². The predicted octanol–water partition coefficient (Wildman–Crippen LogP) is -1.29. The van der Waals surface area contributed by atoms with Crippen LogP contribution < -0.4 is 49.5 Å². The molecule has 1 aromatic heterocycles. The second-order valence-corrected chi connectivity index (χ2v) is 9.04. The van der Waals surface area contributed by atoms with Gasteiger partial charge in [-0.25, -0.2) is 9.07 Å². The molecule has 3 rings (SSSR count). The second-order valence-electron chi connectivity index (χ2n) is 9.04. The van der Waals surface area contributed by atoms with Crippen molar-refractivity contribution in [3.8, 4) is 17.3 Å². The van der Waals surface area contributed by atoms with Gasteiger partial charge in [-0.05, 0) is 36.2 Å². The van der Waals surface area contributed by atoms with E-state index in [1.807, 2.05) is 32.0 Å². The Kier molecular flexibility index (Phi) is 12.4. The van der Waals surface area contributed by atoms with Gasteiger partial charge in [0, 0.05) is 36.5 Å². The number of aliphatic hydroxyl groups is 2. The number of nitrogens with zero attached hydrogens (tertiary/aromatic N) is 2. The number of hydrogen-bond donors (Lipinski definition) is 3. The van der Waals surface area contributed by atoms with Gasteiger partial charge in [-0.1, -0.05) is 32.0 Å². The predicted molar refractivity (Wildman–Crippen MR) is 134 cm³/mol. The number of para-hydroxylation sites is 1. The van der Waals surface area contributed by atoms with E-state index in [-0.39, 0.29) is 66.6 Å². The number of carboxylic acids is 1. The first-order valence-corrected chi connectivity index (χ1v) is 12.1. The normalized spacial score (nSPS) is 12.4. The van der Waals surface area contributed by atoms with Crippen LogP contribution in [0.1, 0.15) is 54.2 Å². The molecule has 0 fully saturated rings. The number of carbonyl (C=O) groups is 2. The Morgan fingerprint density at radius 2 is 1.77 bits per heavy atom. The third-order valence-corrected chi connectivity index (χ3v) is 5.73. The second kappa shape index (κ2) is 15.0. The van der Waals surface area contributed by atoms with Crippen LogP contribution in [0.3, 0.4) is 0 Å². The number of carboxylic acid groups (broad SMARTS) is 1. The molecule has 0 unspecified atom stereocenters. The van der Waals surface area contributed by atoms with Gasteiger partial charge in [0.1, 0.15) is 18.2 Å². The Morgan fingerprint density at radius 3 is 2.38 bits per heavy atom. The minimum atomic E-state index is -1.44. The van der Waals surface area contributed by atoms with Crippen molar-refractivity contribution in [1.29, 1.82) is 0 Å². The number of amides is 1. The maximum Gasteiger partial charge on any atom is 1.00 e. The fourth-order valence-corrected chi connectivity index (χ4v) is 3.94. The maximum absolute atomic E-state index is 13.6. The van der Waals surface area contributed by atoms with Crippen molar-refractivity contribution in [1.82, 2.24) is 15.1 Å². The topological polar surface area (TPSA) is 146 Å². The molecule has 3 aromatic rings. The molecule has 3 N–H and O–H groups in total. The Balaban J connectivity index is 0.00000533. The summed E-state index contributed by atoms with van der Waals surface area (Å²) in [5.41, 5.74) is 1.72. The van der Waals surface area contributed by atoms with Crippen molar-refractivity contribution in [2.45, 2.75) is 51.4 Å². The fourth-order valence-electron chi connectivity index (χ4n) is 3.94. The number of carbonyl (C=O) groups excluding carboxylic acids is 2. The van der Waals surface area contributed by atoms with Crippen LogP contribution in [0.4, 0.5) is 4.39 Å². The Bertz CT molecular complexity index is 1250. The van der Waals surface area contributed by atoms with E-state index in [0.29, 0.717) is 17.0 Å². The molecular formula is C27H31FN3NaO7. The number of ether oxygens (including phenoxy) is 2. The third kappa shape index (κ3) is 8.77.